The largest absolute Gasteiger partial charge is 0.493 e. The number of benzene rings is 1. The average Bonchev–Trinajstić information content (AvgIpc) is 2.99. The molecule has 0 aliphatic carbocycles. The molecular weight excluding hydrogens is 302 g/mol. The number of nitrogens with zero attached hydrogens (tertiary/aromatic N) is 1. The van der Waals surface area contributed by atoms with Crippen LogP contribution in [0.5, 0.6) is 11.5 Å². The molecule has 1 fully saturated rings. The lowest BCUT2D eigenvalue weighted by Crippen LogP contribution is -2.21. The Morgan fingerprint density at radius 3 is 2.77 bits per heavy atom. The summed E-state index contributed by atoms with van der Waals surface area (Å²) in [4.78, 5) is 2.28. The Bertz CT molecular complexity index is 475. The summed E-state index contributed by atoms with van der Waals surface area (Å²) in [5, 5.41) is 0.667. The molecule has 1 atom stereocenters. The second-order valence-electron chi connectivity index (χ2n) is 5.82. The van der Waals surface area contributed by atoms with E-state index in [1.807, 2.05) is 6.07 Å². The van der Waals surface area contributed by atoms with E-state index < -0.39 is 0 Å². The molecule has 0 saturated carbocycles. The first-order valence-electron chi connectivity index (χ1n) is 7.84. The highest BCUT2D eigenvalue weighted by molar-refractivity contribution is 6.30. The summed E-state index contributed by atoms with van der Waals surface area (Å²) in [7, 11) is 5.40. The van der Waals surface area contributed by atoms with Crippen LogP contribution in [0.25, 0.3) is 0 Å². The number of rotatable bonds is 8. The fourth-order valence-corrected chi connectivity index (χ4v) is 3.18. The van der Waals surface area contributed by atoms with E-state index in [0.717, 1.165) is 43.9 Å². The summed E-state index contributed by atoms with van der Waals surface area (Å²) in [6.45, 7) is 2.74. The number of halogens is 1. The third kappa shape index (κ3) is 4.77. The van der Waals surface area contributed by atoms with Crippen LogP contribution in [0.4, 0.5) is 0 Å². The number of ether oxygens (including phenoxy) is 3. The van der Waals surface area contributed by atoms with E-state index in [1.165, 1.54) is 12.8 Å². The van der Waals surface area contributed by atoms with E-state index >= 15 is 0 Å². The second kappa shape index (κ2) is 8.61. The Kier molecular flexibility index (Phi) is 6.80. The Hall–Kier alpha value is -0.970. The molecule has 1 aliphatic rings. The van der Waals surface area contributed by atoms with Gasteiger partial charge in [-0.25, -0.2) is 0 Å². The van der Waals surface area contributed by atoms with E-state index in [-0.39, 0.29) is 0 Å². The minimum atomic E-state index is 0.467. The van der Waals surface area contributed by atoms with Crippen molar-refractivity contribution in [3.8, 4) is 11.5 Å². The molecule has 4 nitrogen and oxygen atoms in total. The fraction of sp³-hybridized carbons (Fsp3) is 0.647. The van der Waals surface area contributed by atoms with Crippen LogP contribution in [-0.2, 0) is 11.3 Å². The minimum absolute atomic E-state index is 0.467. The van der Waals surface area contributed by atoms with Crippen LogP contribution < -0.4 is 9.47 Å². The van der Waals surface area contributed by atoms with Gasteiger partial charge in [0.1, 0.15) is 0 Å². The maximum Gasteiger partial charge on any atom is 0.165 e. The maximum absolute atomic E-state index is 6.16. The smallest absolute Gasteiger partial charge is 0.165 e. The Morgan fingerprint density at radius 1 is 1.32 bits per heavy atom. The highest BCUT2D eigenvalue weighted by Gasteiger charge is 2.16. The topological polar surface area (TPSA) is 30.9 Å². The van der Waals surface area contributed by atoms with Crippen molar-refractivity contribution in [3.63, 3.8) is 0 Å². The van der Waals surface area contributed by atoms with Gasteiger partial charge in [-0.2, -0.15) is 0 Å². The highest BCUT2D eigenvalue weighted by Crippen LogP contribution is 2.35. The van der Waals surface area contributed by atoms with Crippen LogP contribution in [-0.4, -0.2) is 45.4 Å². The van der Waals surface area contributed by atoms with Crippen molar-refractivity contribution in [1.29, 1.82) is 0 Å². The molecule has 0 N–H and O–H groups in total. The highest BCUT2D eigenvalue weighted by atomic mass is 35.5. The molecule has 0 unspecified atom stereocenters. The van der Waals surface area contributed by atoms with Crippen LogP contribution in [0.1, 0.15) is 31.2 Å². The van der Waals surface area contributed by atoms with Crippen LogP contribution in [0, 0.1) is 0 Å². The van der Waals surface area contributed by atoms with Gasteiger partial charge in [0.2, 0.25) is 0 Å². The van der Waals surface area contributed by atoms with Crippen molar-refractivity contribution in [1.82, 2.24) is 4.90 Å². The summed E-state index contributed by atoms with van der Waals surface area (Å²) in [5.74, 6) is 1.44. The molecule has 0 spiro atoms. The number of methoxy groups -OCH3 is 2. The van der Waals surface area contributed by atoms with Gasteiger partial charge >= 0.3 is 0 Å². The van der Waals surface area contributed by atoms with Gasteiger partial charge in [-0.1, -0.05) is 11.6 Å². The van der Waals surface area contributed by atoms with Gasteiger partial charge in [-0.3, -0.25) is 0 Å². The Labute approximate surface area is 138 Å². The first-order valence-corrected chi connectivity index (χ1v) is 8.22. The van der Waals surface area contributed by atoms with Gasteiger partial charge in [0, 0.05) is 29.8 Å². The van der Waals surface area contributed by atoms with Crippen LogP contribution in [0.2, 0.25) is 5.02 Å². The lowest BCUT2D eigenvalue weighted by Gasteiger charge is -2.20. The zero-order chi connectivity index (χ0) is 15.9. The third-order valence-electron chi connectivity index (χ3n) is 4.05. The van der Waals surface area contributed by atoms with Crippen molar-refractivity contribution in [2.75, 3.05) is 34.4 Å². The molecule has 0 bridgehead atoms. The van der Waals surface area contributed by atoms with E-state index in [9.17, 15) is 0 Å². The summed E-state index contributed by atoms with van der Waals surface area (Å²) >= 11 is 6.16. The standard InChI is InChI=1S/C17H26ClNO3/c1-19(8-4-6-15-7-5-9-22-15)12-13-10-14(18)11-16(20-2)17(13)21-3/h10-11,15H,4-9,12H2,1-3H3/t15-/m1/s1. The lowest BCUT2D eigenvalue weighted by atomic mass is 10.1. The zero-order valence-electron chi connectivity index (χ0n) is 13.7. The monoisotopic (exact) mass is 327 g/mol. The summed E-state index contributed by atoms with van der Waals surface area (Å²) in [5.41, 5.74) is 1.05. The maximum atomic E-state index is 6.16. The molecule has 0 radical (unpaired) electrons. The molecule has 1 aromatic rings. The predicted octanol–water partition coefficient (Wildman–Crippen LogP) is 3.75. The van der Waals surface area contributed by atoms with Gasteiger partial charge in [-0.15, -0.1) is 0 Å². The van der Waals surface area contributed by atoms with Crippen LogP contribution in [0.15, 0.2) is 12.1 Å². The molecule has 124 valence electrons. The van der Waals surface area contributed by atoms with Gasteiger partial charge in [0.25, 0.3) is 0 Å². The van der Waals surface area contributed by atoms with Crippen molar-refractivity contribution < 1.29 is 14.2 Å². The SMILES string of the molecule is COc1cc(Cl)cc(CN(C)CCC[C@@H]2CCCO2)c1OC. The normalized spacial score (nSPS) is 18.0. The van der Waals surface area contributed by atoms with Gasteiger partial charge < -0.3 is 19.1 Å². The molecule has 1 aliphatic heterocycles. The zero-order valence-corrected chi connectivity index (χ0v) is 14.5. The first-order chi connectivity index (χ1) is 10.6. The summed E-state index contributed by atoms with van der Waals surface area (Å²) in [6.07, 6.45) is 5.17. The van der Waals surface area contributed by atoms with Gasteiger partial charge in [-0.05, 0) is 45.3 Å². The van der Waals surface area contributed by atoms with Crippen LogP contribution >= 0.6 is 11.6 Å². The van der Waals surface area contributed by atoms with Crippen LogP contribution in [0.3, 0.4) is 0 Å². The number of hydrogen-bond donors (Lipinski definition) is 0. The predicted molar refractivity (Wildman–Crippen MR) is 89.1 cm³/mol. The minimum Gasteiger partial charge on any atom is -0.493 e. The molecule has 5 heteroatoms. The molecule has 22 heavy (non-hydrogen) atoms. The quantitative estimate of drug-likeness (QED) is 0.727. The number of hydrogen-bond acceptors (Lipinski definition) is 4. The van der Waals surface area contributed by atoms with E-state index in [1.54, 1.807) is 20.3 Å². The molecule has 1 heterocycles. The Balaban J connectivity index is 1.89. The average molecular weight is 328 g/mol. The molecule has 1 saturated heterocycles. The molecular formula is C17H26ClNO3. The molecule has 0 aromatic heterocycles. The van der Waals surface area contributed by atoms with Crippen molar-refractivity contribution in [2.24, 2.45) is 0 Å². The molecule has 0 amide bonds. The molecule has 1 aromatic carbocycles. The second-order valence-corrected chi connectivity index (χ2v) is 6.25. The fourth-order valence-electron chi connectivity index (χ4n) is 2.95. The van der Waals surface area contributed by atoms with E-state index in [2.05, 4.69) is 11.9 Å². The van der Waals surface area contributed by atoms with E-state index in [0.29, 0.717) is 16.9 Å². The third-order valence-corrected chi connectivity index (χ3v) is 4.27. The lowest BCUT2D eigenvalue weighted by molar-refractivity contribution is 0.0995. The van der Waals surface area contributed by atoms with Gasteiger partial charge in [0.05, 0.1) is 20.3 Å². The van der Waals surface area contributed by atoms with Crippen molar-refractivity contribution in [2.45, 2.75) is 38.3 Å². The summed E-state index contributed by atoms with van der Waals surface area (Å²) < 4.78 is 16.5. The van der Waals surface area contributed by atoms with E-state index in [4.69, 9.17) is 25.8 Å². The molecule has 2 rings (SSSR count). The van der Waals surface area contributed by atoms with Crippen molar-refractivity contribution in [3.05, 3.63) is 22.7 Å². The van der Waals surface area contributed by atoms with Gasteiger partial charge in [0.15, 0.2) is 11.5 Å². The summed E-state index contributed by atoms with van der Waals surface area (Å²) in [6, 6.07) is 3.72. The first kappa shape index (κ1) is 17.4. The van der Waals surface area contributed by atoms with Crippen molar-refractivity contribution >= 4 is 11.6 Å². The Morgan fingerprint density at radius 2 is 2.14 bits per heavy atom.